The smallest absolute Gasteiger partial charge is 0.322 e. The van der Waals surface area contributed by atoms with Gasteiger partial charge < -0.3 is 15.2 Å². The highest BCUT2D eigenvalue weighted by Gasteiger charge is 2.07. The number of aryl methyl sites for hydroxylation is 1. The highest BCUT2D eigenvalue weighted by molar-refractivity contribution is 5.52. The fraction of sp³-hybridized carbons (Fsp3) is 0.167. The summed E-state index contributed by atoms with van der Waals surface area (Å²) in [5, 5.41) is 0. The van der Waals surface area contributed by atoms with E-state index in [1.54, 1.807) is 37.7 Å². The molecule has 5 nitrogen and oxygen atoms in total. The molecule has 0 aliphatic heterocycles. The van der Waals surface area contributed by atoms with Gasteiger partial charge in [0.25, 0.3) is 0 Å². The summed E-state index contributed by atoms with van der Waals surface area (Å²) in [6.07, 6.45) is 3.36. The molecule has 0 spiro atoms. The van der Waals surface area contributed by atoms with Crippen LogP contribution >= 0.6 is 0 Å². The van der Waals surface area contributed by atoms with Crippen LogP contribution in [-0.4, -0.2) is 17.1 Å². The van der Waals surface area contributed by atoms with Crippen molar-refractivity contribution in [3.8, 4) is 17.5 Å². The number of hydrogen-bond acceptors (Lipinski definition) is 5. The number of hydrogen-bond donors (Lipinski definition) is 1. The number of aromatic nitrogens is 2. The summed E-state index contributed by atoms with van der Waals surface area (Å²) in [5.74, 6) is 1.08. The summed E-state index contributed by atoms with van der Waals surface area (Å²) in [5.41, 5.74) is 7.24. The second-order valence-electron chi connectivity index (χ2n) is 3.56. The summed E-state index contributed by atoms with van der Waals surface area (Å²) in [6, 6.07) is 5.40. The lowest BCUT2D eigenvalue weighted by atomic mass is 10.3. The van der Waals surface area contributed by atoms with E-state index in [1.807, 2.05) is 6.92 Å². The molecule has 2 rings (SSSR count). The molecule has 1 heterocycles. The van der Waals surface area contributed by atoms with Gasteiger partial charge in [0.15, 0.2) is 11.5 Å². The predicted octanol–water partition coefficient (Wildman–Crippen LogP) is 2.17. The molecule has 0 radical (unpaired) electrons. The van der Waals surface area contributed by atoms with Gasteiger partial charge in [0.05, 0.1) is 7.11 Å². The van der Waals surface area contributed by atoms with E-state index in [0.29, 0.717) is 17.2 Å². The first-order chi connectivity index (χ1) is 8.19. The number of nitrogens with two attached hydrogens (primary N) is 1. The van der Waals surface area contributed by atoms with Crippen molar-refractivity contribution >= 4 is 5.69 Å². The van der Waals surface area contributed by atoms with Gasteiger partial charge in [-0.15, -0.1) is 0 Å². The first-order valence-corrected chi connectivity index (χ1v) is 5.09. The minimum absolute atomic E-state index is 0.263. The third-order valence-electron chi connectivity index (χ3n) is 2.15. The van der Waals surface area contributed by atoms with Crippen molar-refractivity contribution in [1.29, 1.82) is 0 Å². The van der Waals surface area contributed by atoms with Gasteiger partial charge in [-0.25, -0.2) is 9.97 Å². The Kier molecular flexibility index (Phi) is 3.09. The van der Waals surface area contributed by atoms with Crippen molar-refractivity contribution in [2.75, 3.05) is 12.8 Å². The molecule has 0 aliphatic rings. The average Bonchev–Trinajstić information content (AvgIpc) is 2.32. The third-order valence-corrected chi connectivity index (χ3v) is 2.15. The molecule has 5 heteroatoms. The van der Waals surface area contributed by atoms with Crippen LogP contribution < -0.4 is 15.2 Å². The topological polar surface area (TPSA) is 70.3 Å². The van der Waals surface area contributed by atoms with Gasteiger partial charge in [-0.2, -0.15) is 0 Å². The molecule has 0 fully saturated rings. The summed E-state index contributed by atoms with van der Waals surface area (Å²) in [7, 11) is 1.56. The van der Waals surface area contributed by atoms with Crippen LogP contribution in [-0.2, 0) is 0 Å². The number of nitrogens with zero attached hydrogens (tertiary/aromatic N) is 2. The van der Waals surface area contributed by atoms with E-state index in [2.05, 4.69) is 9.97 Å². The molecule has 0 saturated carbocycles. The zero-order chi connectivity index (χ0) is 12.3. The first kappa shape index (κ1) is 11.2. The molecule has 88 valence electrons. The van der Waals surface area contributed by atoms with Crippen molar-refractivity contribution in [1.82, 2.24) is 9.97 Å². The molecule has 0 amide bonds. The van der Waals surface area contributed by atoms with Crippen LogP contribution in [0.3, 0.4) is 0 Å². The van der Waals surface area contributed by atoms with Gasteiger partial charge in [0.2, 0.25) is 0 Å². The van der Waals surface area contributed by atoms with Crippen molar-refractivity contribution in [2.24, 2.45) is 0 Å². The largest absolute Gasteiger partial charge is 0.493 e. The van der Waals surface area contributed by atoms with E-state index in [1.165, 1.54) is 0 Å². The fourth-order valence-corrected chi connectivity index (χ4v) is 1.30. The van der Waals surface area contributed by atoms with E-state index < -0.39 is 0 Å². The van der Waals surface area contributed by atoms with E-state index in [0.717, 1.165) is 5.56 Å². The maximum Gasteiger partial charge on any atom is 0.322 e. The standard InChI is InChI=1S/C12H13N3O2/c1-8-6-14-12(15-7-8)17-11-5-9(13)3-4-10(11)16-2/h3-7H,13H2,1-2H3. The molecule has 0 atom stereocenters. The van der Waals surface area contributed by atoms with Crippen molar-refractivity contribution in [3.05, 3.63) is 36.2 Å². The zero-order valence-corrected chi connectivity index (χ0v) is 9.68. The van der Waals surface area contributed by atoms with Crippen molar-refractivity contribution in [2.45, 2.75) is 6.92 Å². The second-order valence-corrected chi connectivity index (χ2v) is 3.56. The molecule has 0 bridgehead atoms. The van der Waals surface area contributed by atoms with Crippen LogP contribution in [0.1, 0.15) is 5.56 Å². The van der Waals surface area contributed by atoms with Gasteiger partial charge in [0.1, 0.15) is 0 Å². The maximum atomic E-state index is 5.68. The van der Waals surface area contributed by atoms with Gasteiger partial charge in [-0.05, 0) is 24.6 Å². The Morgan fingerprint density at radius 1 is 1.12 bits per heavy atom. The van der Waals surface area contributed by atoms with Crippen LogP contribution in [0, 0.1) is 6.92 Å². The fourth-order valence-electron chi connectivity index (χ4n) is 1.30. The molecule has 1 aromatic heterocycles. The second kappa shape index (κ2) is 4.69. The number of anilines is 1. The quantitative estimate of drug-likeness (QED) is 0.820. The normalized spacial score (nSPS) is 10.0. The van der Waals surface area contributed by atoms with Crippen LogP contribution in [0.25, 0.3) is 0 Å². The van der Waals surface area contributed by atoms with Crippen molar-refractivity contribution < 1.29 is 9.47 Å². The predicted molar refractivity (Wildman–Crippen MR) is 64.2 cm³/mol. The van der Waals surface area contributed by atoms with Gasteiger partial charge in [0, 0.05) is 24.1 Å². The molecule has 0 saturated heterocycles. The third kappa shape index (κ3) is 2.63. The highest BCUT2D eigenvalue weighted by atomic mass is 16.5. The van der Waals surface area contributed by atoms with Gasteiger partial charge >= 0.3 is 6.01 Å². The van der Waals surface area contributed by atoms with E-state index in [9.17, 15) is 0 Å². The SMILES string of the molecule is COc1ccc(N)cc1Oc1ncc(C)cn1. The number of benzene rings is 1. The number of rotatable bonds is 3. The molecule has 2 N–H and O–H groups in total. The van der Waals surface area contributed by atoms with Crippen molar-refractivity contribution in [3.63, 3.8) is 0 Å². The lowest BCUT2D eigenvalue weighted by molar-refractivity contribution is 0.368. The Bertz CT molecular complexity index is 512. The Hall–Kier alpha value is -2.30. The Morgan fingerprint density at radius 2 is 1.82 bits per heavy atom. The lowest BCUT2D eigenvalue weighted by Crippen LogP contribution is -1.96. The Morgan fingerprint density at radius 3 is 2.47 bits per heavy atom. The van der Waals surface area contributed by atoms with Gasteiger partial charge in [-0.1, -0.05) is 0 Å². The monoisotopic (exact) mass is 231 g/mol. The number of methoxy groups -OCH3 is 1. The van der Waals surface area contributed by atoms with Crippen LogP contribution in [0.2, 0.25) is 0 Å². The highest BCUT2D eigenvalue weighted by Crippen LogP contribution is 2.31. The van der Waals surface area contributed by atoms with Crippen LogP contribution in [0.4, 0.5) is 5.69 Å². The minimum atomic E-state index is 0.263. The van der Waals surface area contributed by atoms with E-state index in [-0.39, 0.29) is 6.01 Å². The lowest BCUT2D eigenvalue weighted by Gasteiger charge is -2.09. The minimum Gasteiger partial charge on any atom is -0.493 e. The Labute approximate surface area is 99.2 Å². The van der Waals surface area contributed by atoms with E-state index in [4.69, 9.17) is 15.2 Å². The van der Waals surface area contributed by atoms with Crippen LogP contribution in [0.15, 0.2) is 30.6 Å². The van der Waals surface area contributed by atoms with E-state index >= 15 is 0 Å². The molecule has 2 aromatic rings. The van der Waals surface area contributed by atoms with Gasteiger partial charge in [-0.3, -0.25) is 0 Å². The first-order valence-electron chi connectivity index (χ1n) is 5.09. The summed E-state index contributed by atoms with van der Waals surface area (Å²) in [6.45, 7) is 1.91. The number of nitrogen functional groups attached to an aromatic ring is 1. The molecular weight excluding hydrogens is 218 g/mol. The average molecular weight is 231 g/mol. The Balaban J connectivity index is 2.28. The summed E-state index contributed by atoms with van der Waals surface area (Å²) < 4.78 is 10.7. The summed E-state index contributed by atoms with van der Waals surface area (Å²) >= 11 is 0. The summed E-state index contributed by atoms with van der Waals surface area (Å²) in [4.78, 5) is 8.10. The molecule has 1 aromatic carbocycles. The molecular formula is C12H13N3O2. The zero-order valence-electron chi connectivity index (χ0n) is 9.68. The molecule has 0 unspecified atom stereocenters. The molecule has 0 aliphatic carbocycles. The maximum absolute atomic E-state index is 5.68. The molecule has 17 heavy (non-hydrogen) atoms. The van der Waals surface area contributed by atoms with Crippen LogP contribution in [0.5, 0.6) is 17.5 Å². The number of ether oxygens (including phenoxy) is 2.